The van der Waals surface area contributed by atoms with E-state index in [1.165, 1.54) is 18.4 Å². The molecule has 3 nitrogen and oxygen atoms in total. The largest absolute Gasteiger partial charge is 0.508 e. The van der Waals surface area contributed by atoms with E-state index in [9.17, 15) is 0 Å². The summed E-state index contributed by atoms with van der Waals surface area (Å²) in [5.41, 5.74) is 0. The molecule has 1 heterocycles. The molecule has 1 aliphatic rings. The lowest BCUT2D eigenvalue weighted by molar-refractivity contribution is -0.0167. The lowest BCUT2D eigenvalue weighted by Crippen LogP contribution is -2.07. The normalized spacial score (nSPS) is 26.6. The van der Waals surface area contributed by atoms with Crippen LogP contribution in [0.1, 0.15) is 0 Å². The van der Waals surface area contributed by atoms with Crippen molar-refractivity contribution < 1.29 is 14.9 Å². The van der Waals surface area contributed by atoms with Crippen LogP contribution in [0.4, 0.5) is 0 Å². The van der Waals surface area contributed by atoms with Gasteiger partial charge >= 0.3 is 0 Å². The molecule has 1 rings (SSSR count). The minimum atomic E-state index is -0.986. The molecule has 1 unspecified atom stereocenters. The molecular weight excluding hydrogens is 108 g/mol. The quantitative estimate of drug-likeness (QED) is 0.476. The van der Waals surface area contributed by atoms with Crippen LogP contribution in [0.3, 0.4) is 0 Å². The number of aliphatic hydroxyl groups is 2. The molecule has 0 radical (unpaired) electrons. The van der Waals surface area contributed by atoms with E-state index in [0.717, 1.165) is 0 Å². The maximum atomic E-state index is 8.61. The molecule has 0 fully saturated rings. The number of ether oxygens (including phenoxy) is 1. The minimum Gasteiger partial charge on any atom is -0.508 e. The first-order valence-corrected chi connectivity index (χ1v) is 2.20. The molecular formula is C5H6O3. The molecule has 0 aliphatic carbocycles. The molecule has 1 atom stereocenters. The summed E-state index contributed by atoms with van der Waals surface area (Å²) >= 11 is 0. The Balaban J connectivity index is 2.63. The highest BCUT2D eigenvalue weighted by Crippen LogP contribution is 2.03. The van der Waals surface area contributed by atoms with Crippen molar-refractivity contribution in [3.8, 4) is 0 Å². The standard InChI is InChI=1S/C5H6O3/c6-4-1-2-8-5(7)3-4/h1-3,5-7H. The van der Waals surface area contributed by atoms with Gasteiger partial charge in [-0.1, -0.05) is 0 Å². The Morgan fingerprint density at radius 3 is 2.75 bits per heavy atom. The van der Waals surface area contributed by atoms with Gasteiger partial charge in [0.25, 0.3) is 0 Å². The van der Waals surface area contributed by atoms with E-state index in [1.807, 2.05) is 0 Å². The Hall–Kier alpha value is -0.960. The van der Waals surface area contributed by atoms with Crippen LogP contribution in [0.5, 0.6) is 0 Å². The summed E-state index contributed by atoms with van der Waals surface area (Å²) in [6, 6.07) is 0. The molecule has 0 saturated heterocycles. The van der Waals surface area contributed by atoms with Crippen molar-refractivity contribution in [3.63, 3.8) is 0 Å². The van der Waals surface area contributed by atoms with Crippen molar-refractivity contribution in [2.75, 3.05) is 0 Å². The Bertz CT molecular complexity index is 137. The fraction of sp³-hybridized carbons (Fsp3) is 0.200. The zero-order valence-corrected chi connectivity index (χ0v) is 4.11. The van der Waals surface area contributed by atoms with E-state index in [-0.39, 0.29) is 5.76 Å². The van der Waals surface area contributed by atoms with Crippen LogP contribution in [0, 0.1) is 0 Å². The zero-order chi connectivity index (χ0) is 5.98. The van der Waals surface area contributed by atoms with Gasteiger partial charge in [-0.05, 0) is 0 Å². The second kappa shape index (κ2) is 1.88. The summed E-state index contributed by atoms with van der Waals surface area (Å²) in [6.07, 6.45) is 2.80. The van der Waals surface area contributed by atoms with Crippen molar-refractivity contribution in [1.82, 2.24) is 0 Å². The first-order chi connectivity index (χ1) is 3.79. The van der Waals surface area contributed by atoms with Crippen LogP contribution in [-0.4, -0.2) is 16.5 Å². The predicted molar refractivity (Wildman–Crippen MR) is 26.9 cm³/mol. The average Bonchev–Trinajstić information content (AvgIpc) is 1.64. The lowest BCUT2D eigenvalue weighted by atomic mass is 10.4. The van der Waals surface area contributed by atoms with Crippen molar-refractivity contribution in [3.05, 3.63) is 24.2 Å². The summed E-state index contributed by atoms with van der Waals surface area (Å²) in [5, 5.41) is 17.2. The number of rotatable bonds is 0. The number of hydrogen-bond donors (Lipinski definition) is 2. The maximum Gasteiger partial charge on any atom is 0.220 e. The smallest absolute Gasteiger partial charge is 0.220 e. The topological polar surface area (TPSA) is 49.7 Å². The van der Waals surface area contributed by atoms with Crippen molar-refractivity contribution >= 4 is 0 Å². The summed E-state index contributed by atoms with van der Waals surface area (Å²) < 4.78 is 4.49. The molecule has 0 amide bonds. The van der Waals surface area contributed by atoms with Gasteiger partial charge < -0.3 is 14.9 Å². The van der Waals surface area contributed by atoms with E-state index < -0.39 is 6.29 Å². The summed E-state index contributed by atoms with van der Waals surface area (Å²) in [5.74, 6) is 0.0313. The van der Waals surface area contributed by atoms with Crippen LogP contribution < -0.4 is 0 Å². The average molecular weight is 114 g/mol. The second-order valence-corrected chi connectivity index (χ2v) is 1.42. The SMILES string of the molecule is OC1=CC(O)OC=C1. The molecule has 0 spiro atoms. The van der Waals surface area contributed by atoms with Crippen LogP contribution in [0.15, 0.2) is 24.2 Å². The third-order valence-corrected chi connectivity index (χ3v) is 0.770. The highest BCUT2D eigenvalue weighted by Gasteiger charge is 2.02. The predicted octanol–water partition coefficient (Wildman–Crippen LogP) is 0.291. The lowest BCUT2D eigenvalue weighted by Gasteiger charge is -2.08. The Labute approximate surface area is 46.5 Å². The van der Waals surface area contributed by atoms with E-state index in [2.05, 4.69) is 4.74 Å². The Kier molecular flexibility index (Phi) is 1.22. The van der Waals surface area contributed by atoms with Gasteiger partial charge in [0.05, 0.1) is 6.26 Å². The molecule has 0 aromatic carbocycles. The molecule has 44 valence electrons. The van der Waals surface area contributed by atoms with Gasteiger partial charge in [0, 0.05) is 12.2 Å². The highest BCUT2D eigenvalue weighted by atomic mass is 16.6. The molecule has 0 saturated carbocycles. The third-order valence-electron chi connectivity index (χ3n) is 0.770. The Morgan fingerprint density at radius 2 is 2.38 bits per heavy atom. The van der Waals surface area contributed by atoms with E-state index in [4.69, 9.17) is 10.2 Å². The van der Waals surface area contributed by atoms with Gasteiger partial charge in [0.15, 0.2) is 0 Å². The number of aliphatic hydroxyl groups excluding tert-OH is 2. The highest BCUT2D eigenvalue weighted by molar-refractivity contribution is 5.12. The Morgan fingerprint density at radius 1 is 1.62 bits per heavy atom. The first kappa shape index (κ1) is 5.18. The second-order valence-electron chi connectivity index (χ2n) is 1.42. The first-order valence-electron chi connectivity index (χ1n) is 2.20. The van der Waals surface area contributed by atoms with Gasteiger partial charge in [-0.15, -0.1) is 0 Å². The summed E-state index contributed by atoms with van der Waals surface area (Å²) in [7, 11) is 0. The molecule has 0 aromatic heterocycles. The maximum absolute atomic E-state index is 8.61. The van der Waals surface area contributed by atoms with Crippen molar-refractivity contribution in [2.45, 2.75) is 6.29 Å². The van der Waals surface area contributed by atoms with Gasteiger partial charge in [-0.25, -0.2) is 0 Å². The van der Waals surface area contributed by atoms with E-state index >= 15 is 0 Å². The fourth-order valence-electron chi connectivity index (χ4n) is 0.430. The molecule has 0 aromatic rings. The third kappa shape index (κ3) is 1.01. The fourth-order valence-corrected chi connectivity index (χ4v) is 0.430. The van der Waals surface area contributed by atoms with Gasteiger partial charge in [0.2, 0.25) is 6.29 Å². The summed E-state index contributed by atoms with van der Waals surface area (Å²) in [4.78, 5) is 0. The number of allylic oxidation sites excluding steroid dienone is 1. The van der Waals surface area contributed by atoms with Gasteiger partial charge in [-0.3, -0.25) is 0 Å². The van der Waals surface area contributed by atoms with Crippen LogP contribution in [0.2, 0.25) is 0 Å². The van der Waals surface area contributed by atoms with Crippen molar-refractivity contribution in [1.29, 1.82) is 0 Å². The monoisotopic (exact) mass is 114 g/mol. The van der Waals surface area contributed by atoms with E-state index in [1.54, 1.807) is 0 Å². The zero-order valence-electron chi connectivity index (χ0n) is 4.11. The van der Waals surface area contributed by atoms with Gasteiger partial charge in [0.1, 0.15) is 5.76 Å². The van der Waals surface area contributed by atoms with E-state index in [0.29, 0.717) is 0 Å². The number of hydrogen-bond acceptors (Lipinski definition) is 3. The van der Waals surface area contributed by atoms with Crippen LogP contribution in [-0.2, 0) is 4.74 Å². The molecule has 3 heteroatoms. The summed E-state index contributed by atoms with van der Waals surface area (Å²) in [6.45, 7) is 0. The van der Waals surface area contributed by atoms with Crippen LogP contribution >= 0.6 is 0 Å². The molecule has 0 bridgehead atoms. The molecule has 1 aliphatic heterocycles. The van der Waals surface area contributed by atoms with Crippen molar-refractivity contribution in [2.24, 2.45) is 0 Å². The molecule has 8 heavy (non-hydrogen) atoms. The molecule has 2 N–H and O–H groups in total. The van der Waals surface area contributed by atoms with Gasteiger partial charge in [-0.2, -0.15) is 0 Å². The minimum absolute atomic E-state index is 0.0313. The van der Waals surface area contributed by atoms with Crippen LogP contribution in [0.25, 0.3) is 0 Å².